The minimum absolute atomic E-state index is 0.229. The monoisotopic (exact) mass is 237 g/mol. The summed E-state index contributed by atoms with van der Waals surface area (Å²) in [7, 11) is 0. The molecule has 16 heavy (non-hydrogen) atoms. The van der Waals surface area contributed by atoms with Gasteiger partial charge in [-0.1, -0.05) is 6.07 Å². The third-order valence-electron chi connectivity index (χ3n) is 2.11. The molecule has 3 nitrogen and oxygen atoms in total. The minimum Gasteiger partial charge on any atom is -0.339 e. The predicted molar refractivity (Wildman–Crippen MR) is 61.9 cm³/mol. The van der Waals surface area contributed by atoms with Crippen molar-refractivity contribution in [2.75, 3.05) is 6.54 Å². The number of benzene rings is 1. The highest BCUT2D eigenvalue weighted by Gasteiger charge is 2.06. The van der Waals surface area contributed by atoms with Gasteiger partial charge in [-0.05, 0) is 42.4 Å². The number of imidazole rings is 1. The standard InChI is InChI=1S/C11H12FN3S/c12-9-7-8(3-4-13)1-2-10(9)16-11-14-5-6-15-11/h1-2,5-7H,3-4,13H2,(H,14,15). The van der Waals surface area contributed by atoms with Gasteiger partial charge in [0.1, 0.15) is 5.82 Å². The normalized spacial score (nSPS) is 10.6. The summed E-state index contributed by atoms with van der Waals surface area (Å²) < 4.78 is 13.7. The van der Waals surface area contributed by atoms with Gasteiger partial charge in [0.15, 0.2) is 5.16 Å². The summed E-state index contributed by atoms with van der Waals surface area (Å²) in [4.78, 5) is 7.52. The van der Waals surface area contributed by atoms with E-state index in [1.165, 1.54) is 17.8 Å². The van der Waals surface area contributed by atoms with Crippen molar-refractivity contribution in [3.63, 3.8) is 0 Å². The Kier molecular flexibility index (Phi) is 3.58. The van der Waals surface area contributed by atoms with Crippen LogP contribution in [-0.4, -0.2) is 16.5 Å². The van der Waals surface area contributed by atoms with E-state index < -0.39 is 0 Å². The summed E-state index contributed by atoms with van der Waals surface area (Å²) in [5.74, 6) is -0.229. The zero-order valence-electron chi connectivity index (χ0n) is 8.61. The molecule has 2 rings (SSSR count). The zero-order valence-corrected chi connectivity index (χ0v) is 9.43. The maximum atomic E-state index is 13.7. The van der Waals surface area contributed by atoms with Crippen LogP contribution in [0.2, 0.25) is 0 Å². The van der Waals surface area contributed by atoms with Crippen LogP contribution in [0.15, 0.2) is 40.6 Å². The second-order valence-electron chi connectivity index (χ2n) is 3.30. The van der Waals surface area contributed by atoms with E-state index in [2.05, 4.69) is 9.97 Å². The second-order valence-corrected chi connectivity index (χ2v) is 4.33. The zero-order chi connectivity index (χ0) is 11.4. The number of hydrogen-bond donors (Lipinski definition) is 2. The number of nitrogens with one attached hydrogen (secondary N) is 1. The summed E-state index contributed by atoms with van der Waals surface area (Å²) in [6, 6.07) is 5.17. The van der Waals surface area contributed by atoms with E-state index in [0.29, 0.717) is 23.0 Å². The van der Waals surface area contributed by atoms with E-state index in [9.17, 15) is 4.39 Å². The molecule has 0 bridgehead atoms. The number of nitrogens with two attached hydrogens (primary N) is 1. The molecule has 0 unspecified atom stereocenters. The van der Waals surface area contributed by atoms with E-state index >= 15 is 0 Å². The van der Waals surface area contributed by atoms with Crippen LogP contribution in [-0.2, 0) is 6.42 Å². The first-order chi connectivity index (χ1) is 7.79. The molecule has 1 aromatic carbocycles. The van der Waals surface area contributed by atoms with Crippen molar-refractivity contribution >= 4 is 11.8 Å². The number of H-pyrrole nitrogens is 1. The van der Waals surface area contributed by atoms with Crippen LogP contribution in [0, 0.1) is 5.82 Å². The topological polar surface area (TPSA) is 54.7 Å². The summed E-state index contributed by atoms with van der Waals surface area (Å²) in [6.45, 7) is 0.532. The van der Waals surface area contributed by atoms with Crippen molar-refractivity contribution in [2.24, 2.45) is 5.73 Å². The molecule has 0 amide bonds. The van der Waals surface area contributed by atoms with Gasteiger partial charge in [0.2, 0.25) is 0 Å². The Labute approximate surface area is 97.3 Å². The Morgan fingerprint density at radius 1 is 1.44 bits per heavy atom. The summed E-state index contributed by atoms with van der Waals surface area (Å²) in [5.41, 5.74) is 6.34. The molecule has 2 aromatic rings. The lowest BCUT2D eigenvalue weighted by molar-refractivity contribution is 0.599. The van der Waals surface area contributed by atoms with E-state index in [0.717, 1.165) is 5.56 Å². The van der Waals surface area contributed by atoms with E-state index in [4.69, 9.17) is 5.73 Å². The van der Waals surface area contributed by atoms with Gasteiger partial charge in [-0.3, -0.25) is 0 Å². The maximum absolute atomic E-state index is 13.7. The summed E-state index contributed by atoms with van der Waals surface area (Å²) >= 11 is 1.27. The largest absolute Gasteiger partial charge is 0.339 e. The Morgan fingerprint density at radius 2 is 2.31 bits per heavy atom. The first kappa shape index (κ1) is 11.2. The van der Waals surface area contributed by atoms with Gasteiger partial charge in [0, 0.05) is 12.4 Å². The summed E-state index contributed by atoms with van der Waals surface area (Å²) in [6.07, 6.45) is 4.05. The number of aromatic amines is 1. The smallest absolute Gasteiger partial charge is 0.170 e. The molecule has 0 fully saturated rings. The molecule has 0 spiro atoms. The molecule has 0 atom stereocenters. The molecular weight excluding hydrogens is 225 g/mol. The fourth-order valence-electron chi connectivity index (χ4n) is 1.36. The lowest BCUT2D eigenvalue weighted by atomic mass is 10.1. The van der Waals surface area contributed by atoms with Crippen LogP contribution in [0.3, 0.4) is 0 Å². The van der Waals surface area contributed by atoms with Gasteiger partial charge >= 0.3 is 0 Å². The van der Waals surface area contributed by atoms with Crippen molar-refractivity contribution in [1.29, 1.82) is 0 Å². The first-order valence-electron chi connectivity index (χ1n) is 4.95. The fourth-order valence-corrected chi connectivity index (χ4v) is 2.10. The van der Waals surface area contributed by atoms with Crippen LogP contribution in [0.1, 0.15) is 5.56 Å². The summed E-state index contributed by atoms with van der Waals surface area (Å²) in [5, 5.41) is 0.686. The molecule has 0 radical (unpaired) electrons. The third-order valence-corrected chi connectivity index (χ3v) is 3.08. The number of nitrogens with zero attached hydrogens (tertiary/aromatic N) is 1. The lowest BCUT2D eigenvalue weighted by Crippen LogP contribution is -2.02. The first-order valence-corrected chi connectivity index (χ1v) is 5.77. The average molecular weight is 237 g/mol. The Balaban J connectivity index is 2.16. The van der Waals surface area contributed by atoms with Crippen LogP contribution < -0.4 is 5.73 Å². The predicted octanol–water partition coefficient (Wildman–Crippen LogP) is 2.20. The van der Waals surface area contributed by atoms with Crippen molar-refractivity contribution in [3.8, 4) is 0 Å². The maximum Gasteiger partial charge on any atom is 0.170 e. The van der Waals surface area contributed by atoms with E-state index in [1.807, 2.05) is 6.07 Å². The molecule has 84 valence electrons. The van der Waals surface area contributed by atoms with Crippen LogP contribution in [0.25, 0.3) is 0 Å². The molecule has 0 aliphatic heterocycles. The molecule has 1 heterocycles. The molecule has 0 aliphatic carbocycles. The van der Waals surface area contributed by atoms with Crippen LogP contribution in [0.4, 0.5) is 4.39 Å². The Hall–Kier alpha value is -1.33. The lowest BCUT2D eigenvalue weighted by Gasteiger charge is -2.03. The molecule has 1 aromatic heterocycles. The number of aromatic nitrogens is 2. The van der Waals surface area contributed by atoms with Gasteiger partial charge in [-0.2, -0.15) is 0 Å². The average Bonchev–Trinajstić information content (AvgIpc) is 2.75. The second kappa shape index (κ2) is 5.14. The van der Waals surface area contributed by atoms with Crippen LogP contribution >= 0.6 is 11.8 Å². The molecule has 0 saturated heterocycles. The molecule has 0 saturated carbocycles. The van der Waals surface area contributed by atoms with Gasteiger partial charge in [0.25, 0.3) is 0 Å². The highest BCUT2D eigenvalue weighted by Crippen LogP contribution is 2.27. The number of hydrogen-bond acceptors (Lipinski definition) is 3. The van der Waals surface area contributed by atoms with Gasteiger partial charge in [0.05, 0.1) is 4.90 Å². The minimum atomic E-state index is -0.229. The number of halogens is 1. The fraction of sp³-hybridized carbons (Fsp3) is 0.182. The highest BCUT2D eigenvalue weighted by molar-refractivity contribution is 7.99. The van der Waals surface area contributed by atoms with Gasteiger partial charge in [-0.25, -0.2) is 9.37 Å². The molecular formula is C11H12FN3S. The van der Waals surface area contributed by atoms with Crippen molar-refractivity contribution in [1.82, 2.24) is 9.97 Å². The van der Waals surface area contributed by atoms with Gasteiger partial charge < -0.3 is 10.7 Å². The molecule has 0 aliphatic rings. The molecule has 3 N–H and O–H groups in total. The van der Waals surface area contributed by atoms with Crippen molar-refractivity contribution in [2.45, 2.75) is 16.5 Å². The van der Waals surface area contributed by atoms with Crippen molar-refractivity contribution in [3.05, 3.63) is 42.0 Å². The highest BCUT2D eigenvalue weighted by atomic mass is 32.2. The number of rotatable bonds is 4. The SMILES string of the molecule is NCCc1ccc(Sc2ncc[nH]2)c(F)c1. The third kappa shape index (κ3) is 2.62. The quantitative estimate of drug-likeness (QED) is 0.857. The van der Waals surface area contributed by atoms with Gasteiger partial charge in [-0.15, -0.1) is 0 Å². The molecule has 5 heteroatoms. The van der Waals surface area contributed by atoms with E-state index in [1.54, 1.807) is 18.5 Å². The van der Waals surface area contributed by atoms with Crippen LogP contribution in [0.5, 0.6) is 0 Å². The van der Waals surface area contributed by atoms with Crippen molar-refractivity contribution < 1.29 is 4.39 Å². The Morgan fingerprint density at radius 3 is 2.94 bits per heavy atom. The van der Waals surface area contributed by atoms with E-state index in [-0.39, 0.29) is 5.82 Å². The Bertz CT molecular complexity index is 456.